The minimum absolute atomic E-state index is 0.126. The number of unbranched alkanes of at least 4 members (excludes halogenated alkanes) is 12. The third kappa shape index (κ3) is 11.1. The minimum atomic E-state index is -0.154. The van der Waals surface area contributed by atoms with Gasteiger partial charge in [0.2, 0.25) is 11.5 Å². The topological polar surface area (TPSA) is 96.0 Å². The van der Waals surface area contributed by atoms with Crippen molar-refractivity contribution in [3.63, 3.8) is 0 Å². The van der Waals surface area contributed by atoms with E-state index in [-0.39, 0.29) is 17.9 Å². The van der Waals surface area contributed by atoms with Crippen molar-refractivity contribution >= 4 is 11.8 Å². The lowest BCUT2D eigenvalue weighted by Gasteiger charge is -2.42. The quantitative estimate of drug-likeness (QED) is 0.115. The van der Waals surface area contributed by atoms with Crippen molar-refractivity contribution in [3.8, 4) is 34.5 Å². The molecule has 0 aliphatic carbocycles. The predicted octanol–water partition coefficient (Wildman–Crippen LogP) is 8.19. The number of carbonyl (C=O) groups excluding carboxylic acids is 2. The normalized spacial score (nSPS) is 14.4. The minimum Gasteiger partial charge on any atom is -0.493 e. The number of carbonyl (C=O) groups is 2. The maximum atomic E-state index is 14.1. The number of rotatable bonds is 22. The molecular formula is C39H60N2O8. The van der Waals surface area contributed by atoms with Crippen molar-refractivity contribution in [2.24, 2.45) is 0 Å². The average molecular weight is 685 g/mol. The summed E-state index contributed by atoms with van der Waals surface area (Å²) in [4.78, 5) is 31.7. The van der Waals surface area contributed by atoms with E-state index in [0.29, 0.717) is 65.3 Å². The molecule has 2 aromatic carbocycles. The summed E-state index contributed by atoms with van der Waals surface area (Å²) in [6.07, 6.45) is 17.3. The zero-order valence-corrected chi connectivity index (χ0v) is 31.1. The fourth-order valence-electron chi connectivity index (χ4n) is 6.71. The van der Waals surface area contributed by atoms with Crippen LogP contribution in [0.3, 0.4) is 0 Å². The van der Waals surface area contributed by atoms with Crippen molar-refractivity contribution in [2.75, 3.05) is 62.3 Å². The Bertz CT molecular complexity index is 1270. The summed E-state index contributed by atoms with van der Waals surface area (Å²) in [5, 5.41) is 0. The fourth-order valence-corrected chi connectivity index (χ4v) is 6.71. The maximum Gasteiger partial charge on any atom is 0.254 e. The smallest absolute Gasteiger partial charge is 0.254 e. The Morgan fingerprint density at radius 1 is 0.551 bits per heavy atom. The van der Waals surface area contributed by atoms with Gasteiger partial charge in [-0.15, -0.1) is 0 Å². The van der Waals surface area contributed by atoms with Gasteiger partial charge in [-0.3, -0.25) is 9.59 Å². The molecule has 10 nitrogen and oxygen atoms in total. The lowest BCUT2D eigenvalue weighted by Crippen LogP contribution is -2.56. The van der Waals surface area contributed by atoms with Crippen LogP contribution in [0.15, 0.2) is 24.3 Å². The van der Waals surface area contributed by atoms with Crippen LogP contribution in [0.2, 0.25) is 0 Å². The average Bonchev–Trinajstić information content (AvgIpc) is 3.14. The molecule has 10 heteroatoms. The summed E-state index contributed by atoms with van der Waals surface area (Å²) in [6, 6.07) is 6.59. The summed E-state index contributed by atoms with van der Waals surface area (Å²) in [7, 11) is 9.22. The molecule has 1 aliphatic heterocycles. The molecule has 1 unspecified atom stereocenters. The molecule has 1 saturated heterocycles. The van der Waals surface area contributed by atoms with E-state index in [9.17, 15) is 9.59 Å². The molecule has 1 aliphatic rings. The highest BCUT2D eigenvalue weighted by atomic mass is 16.5. The molecule has 0 N–H and O–H groups in total. The van der Waals surface area contributed by atoms with Gasteiger partial charge in [-0.25, -0.2) is 0 Å². The van der Waals surface area contributed by atoms with Crippen LogP contribution in [0.4, 0.5) is 0 Å². The number of methoxy groups -OCH3 is 6. The van der Waals surface area contributed by atoms with Gasteiger partial charge >= 0.3 is 0 Å². The summed E-state index contributed by atoms with van der Waals surface area (Å²) in [6.45, 7) is 3.47. The molecule has 0 radical (unpaired) electrons. The molecule has 49 heavy (non-hydrogen) atoms. The number of hydrogen-bond acceptors (Lipinski definition) is 8. The van der Waals surface area contributed by atoms with Crippen LogP contribution < -0.4 is 28.4 Å². The summed E-state index contributed by atoms with van der Waals surface area (Å²) >= 11 is 0. The van der Waals surface area contributed by atoms with Gasteiger partial charge in [0, 0.05) is 36.8 Å². The van der Waals surface area contributed by atoms with Crippen LogP contribution >= 0.6 is 0 Å². The Hall–Kier alpha value is -3.82. The molecule has 2 aromatic rings. The first-order valence-corrected chi connectivity index (χ1v) is 18.1. The van der Waals surface area contributed by atoms with Crippen molar-refractivity contribution < 1.29 is 38.0 Å². The van der Waals surface area contributed by atoms with Gasteiger partial charge in [-0.2, -0.15) is 0 Å². The highest BCUT2D eigenvalue weighted by Gasteiger charge is 2.34. The Kier molecular flexibility index (Phi) is 17.2. The summed E-state index contributed by atoms with van der Waals surface area (Å²) < 4.78 is 33.0. The van der Waals surface area contributed by atoms with E-state index in [1.54, 1.807) is 24.3 Å². The van der Waals surface area contributed by atoms with Crippen LogP contribution in [0.5, 0.6) is 34.5 Å². The van der Waals surface area contributed by atoms with E-state index in [4.69, 9.17) is 28.4 Å². The molecule has 274 valence electrons. The van der Waals surface area contributed by atoms with Gasteiger partial charge in [0.25, 0.3) is 11.8 Å². The Labute approximate surface area is 294 Å². The highest BCUT2D eigenvalue weighted by Crippen LogP contribution is 2.40. The molecule has 1 atom stereocenters. The van der Waals surface area contributed by atoms with Gasteiger partial charge in [-0.1, -0.05) is 90.4 Å². The third-order valence-corrected chi connectivity index (χ3v) is 9.50. The Morgan fingerprint density at radius 3 is 1.33 bits per heavy atom. The molecule has 1 heterocycles. The molecule has 0 spiro atoms. The van der Waals surface area contributed by atoms with E-state index in [2.05, 4.69) is 6.92 Å². The van der Waals surface area contributed by atoms with Gasteiger partial charge < -0.3 is 38.2 Å². The lowest BCUT2D eigenvalue weighted by molar-refractivity contribution is 0.0367. The third-order valence-electron chi connectivity index (χ3n) is 9.50. The van der Waals surface area contributed by atoms with Crippen molar-refractivity contribution in [1.82, 2.24) is 9.80 Å². The largest absolute Gasteiger partial charge is 0.493 e. The van der Waals surface area contributed by atoms with E-state index in [1.165, 1.54) is 113 Å². The maximum absolute atomic E-state index is 14.1. The van der Waals surface area contributed by atoms with Crippen LogP contribution in [-0.2, 0) is 0 Å². The first kappa shape index (κ1) is 39.6. The Morgan fingerprint density at radius 2 is 0.939 bits per heavy atom. The van der Waals surface area contributed by atoms with Gasteiger partial charge in [0.1, 0.15) is 0 Å². The summed E-state index contributed by atoms with van der Waals surface area (Å²) in [5.74, 6) is 2.29. The summed E-state index contributed by atoms with van der Waals surface area (Å²) in [5.41, 5.74) is 0.896. The molecule has 2 amide bonds. The van der Waals surface area contributed by atoms with E-state index >= 15 is 0 Å². The standard InChI is InChI=1S/C39H60N2O8/c1-8-9-10-11-12-13-14-15-16-17-18-19-20-21-31-28-40(38(42)29-24-32(44-2)36(48-6)33(25-29)45-3)22-23-41(31)39(43)30-26-34(46-4)37(49-7)35(27-30)47-5/h24-27,31H,8-23,28H2,1-7H3. The van der Waals surface area contributed by atoms with Gasteiger partial charge in [0.15, 0.2) is 23.0 Å². The number of amides is 2. The molecule has 1 fully saturated rings. The first-order chi connectivity index (χ1) is 23.9. The second-order valence-corrected chi connectivity index (χ2v) is 12.8. The SMILES string of the molecule is CCCCCCCCCCCCCCCC1CN(C(=O)c2cc(OC)c(OC)c(OC)c2)CCN1C(=O)c1cc(OC)c(OC)c(OC)c1. The zero-order chi connectivity index (χ0) is 35.6. The number of benzene rings is 2. The van der Waals surface area contributed by atoms with Crippen molar-refractivity contribution in [1.29, 1.82) is 0 Å². The second kappa shape index (κ2) is 21.3. The fraction of sp³-hybridized carbons (Fsp3) is 0.641. The van der Waals surface area contributed by atoms with Crippen LogP contribution in [-0.4, -0.2) is 89.9 Å². The van der Waals surface area contributed by atoms with Crippen molar-refractivity contribution in [2.45, 2.75) is 103 Å². The second-order valence-electron chi connectivity index (χ2n) is 12.8. The number of ether oxygens (including phenoxy) is 6. The molecule has 0 aromatic heterocycles. The lowest BCUT2D eigenvalue weighted by atomic mass is 10.00. The van der Waals surface area contributed by atoms with Crippen LogP contribution in [0, 0.1) is 0 Å². The van der Waals surface area contributed by atoms with E-state index in [1.807, 2.05) is 9.80 Å². The zero-order valence-electron chi connectivity index (χ0n) is 31.1. The molecular weight excluding hydrogens is 624 g/mol. The van der Waals surface area contributed by atoms with Crippen LogP contribution in [0.1, 0.15) is 118 Å². The van der Waals surface area contributed by atoms with E-state index in [0.717, 1.165) is 19.3 Å². The van der Waals surface area contributed by atoms with Gasteiger partial charge in [-0.05, 0) is 30.7 Å². The van der Waals surface area contributed by atoms with Crippen LogP contribution in [0.25, 0.3) is 0 Å². The van der Waals surface area contributed by atoms with Crippen molar-refractivity contribution in [3.05, 3.63) is 35.4 Å². The highest BCUT2D eigenvalue weighted by molar-refractivity contribution is 5.97. The Balaban J connectivity index is 1.69. The van der Waals surface area contributed by atoms with Gasteiger partial charge in [0.05, 0.1) is 42.7 Å². The molecule has 0 bridgehead atoms. The molecule has 3 rings (SSSR count). The van der Waals surface area contributed by atoms with E-state index < -0.39 is 0 Å². The number of nitrogens with zero attached hydrogens (tertiary/aromatic N) is 2. The molecule has 0 saturated carbocycles. The first-order valence-electron chi connectivity index (χ1n) is 18.1. The number of piperazine rings is 1. The predicted molar refractivity (Wildman–Crippen MR) is 193 cm³/mol. The number of hydrogen-bond donors (Lipinski definition) is 0. The monoisotopic (exact) mass is 684 g/mol.